The van der Waals surface area contributed by atoms with Crippen LogP contribution in [0.5, 0.6) is 0 Å². The largest absolute Gasteiger partial charge is 0.393 e. The van der Waals surface area contributed by atoms with Crippen LogP contribution >= 0.6 is 0 Å². The first-order valence-corrected chi connectivity index (χ1v) is 12.3. The minimum Gasteiger partial charge on any atom is -0.393 e. The zero-order valence-electron chi connectivity index (χ0n) is 20.2. The Bertz CT molecular complexity index is 822. The van der Waals surface area contributed by atoms with Crippen LogP contribution in [0, 0.1) is 0 Å². The van der Waals surface area contributed by atoms with Gasteiger partial charge < -0.3 is 20.2 Å². The molecule has 3 aliphatic rings. The van der Waals surface area contributed by atoms with Gasteiger partial charge in [0, 0.05) is 71.0 Å². The van der Waals surface area contributed by atoms with Crippen molar-refractivity contribution in [2.24, 2.45) is 0 Å². The Morgan fingerprint density at radius 3 is 2.48 bits per heavy atom. The number of likely N-dealkylation sites (tertiary alicyclic amines) is 2. The number of hydrogen-bond donors (Lipinski definition) is 2. The van der Waals surface area contributed by atoms with Crippen LogP contribution in [0.1, 0.15) is 37.7 Å². The number of nitrogens with zero attached hydrogens (tertiary/aromatic N) is 4. The molecule has 182 valence electrons. The number of amides is 2. The maximum atomic E-state index is 13.1. The van der Waals surface area contributed by atoms with E-state index in [1.54, 1.807) is 0 Å². The lowest BCUT2D eigenvalue weighted by Crippen LogP contribution is -2.49. The fourth-order valence-corrected chi connectivity index (χ4v) is 5.52. The first-order valence-electron chi connectivity index (χ1n) is 12.3. The highest BCUT2D eigenvalue weighted by atomic mass is 16.3. The Hall–Kier alpha value is -2.16. The third-order valence-corrected chi connectivity index (χ3v) is 7.70. The second-order valence-electron chi connectivity index (χ2n) is 10.0. The zero-order chi connectivity index (χ0) is 23.5. The first kappa shape index (κ1) is 24.0. The molecule has 0 aliphatic carbocycles. The predicted octanol–water partition coefficient (Wildman–Crippen LogP) is 0.889. The van der Waals surface area contributed by atoms with Crippen molar-refractivity contribution in [1.29, 1.82) is 0 Å². The van der Waals surface area contributed by atoms with Gasteiger partial charge in [-0.1, -0.05) is 12.1 Å². The van der Waals surface area contributed by atoms with Crippen molar-refractivity contribution in [2.75, 3.05) is 52.2 Å². The normalized spacial score (nSPS) is 27.2. The van der Waals surface area contributed by atoms with Crippen molar-refractivity contribution in [3.05, 3.63) is 29.8 Å². The molecule has 4 rings (SSSR count). The number of hydrogen-bond acceptors (Lipinski definition) is 6. The second kappa shape index (κ2) is 10.4. The highest BCUT2D eigenvalue weighted by molar-refractivity contribution is 5.83. The predicted molar refractivity (Wildman–Crippen MR) is 129 cm³/mol. The third kappa shape index (κ3) is 5.50. The van der Waals surface area contributed by atoms with Crippen LogP contribution in [0.3, 0.4) is 0 Å². The minimum atomic E-state index is -0.273. The van der Waals surface area contributed by atoms with Crippen molar-refractivity contribution in [3.63, 3.8) is 0 Å². The van der Waals surface area contributed by atoms with Gasteiger partial charge in [0.15, 0.2) is 0 Å². The number of piperidine rings is 1. The Labute approximate surface area is 197 Å². The van der Waals surface area contributed by atoms with E-state index < -0.39 is 0 Å². The molecule has 0 radical (unpaired) electrons. The number of anilines is 1. The average Bonchev–Trinajstić information content (AvgIpc) is 3.17. The van der Waals surface area contributed by atoms with Gasteiger partial charge in [0.05, 0.1) is 6.10 Å². The number of aliphatic hydroxyl groups is 1. The van der Waals surface area contributed by atoms with E-state index in [4.69, 9.17) is 0 Å². The molecule has 8 heteroatoms. The molecule has 3 saturated heterocycles. The summed E-state index contributed by atoms with van der Waals surface area (Å²) >= 11 is 0. The molecule has 1 aromatic rings. The van der Waals surface area contributed by atoms with Crippen molar-refractivity contribution >= 4 is 17.5 Å². The molecule has 3 atom stereocenters. The second-order valence-corrected chi connectivity index (χ2v) is 10.0. The van der Waals surface area contributed by atoms with Crippen LogP contribution in [0.25, 0.3) is 0 Å². The number of aliphatic hydroxyl groups excluding tert-OH is 1. The summed E-state index contributed by atoms with van der Waals surface area (Å²) in [5.74, 6) is 0.268. The summed E-state index contributed by atoms with van der Waals surface area (Å²) in [6, 6.07) is 8.70. The molecule has 0 bridgehead atoms. The number of nitrogens with one attached hydrogen (secondary N) is 1. The molecule has 3 aliphatic heterocycles. The van der Waals surface area contributed by atoms with E-state index in [9.17, 15) is 14.7 Å². The summed E-state index contributed by atoms with van der Waals surface area (Å²) in [6.45, 7) is 3.53. The number of rotatable bonds is 6. The maximum Gasteiger partial charge on any atom is 0.239 e. The number of fused-ring (bicyclic) bond motifs is 1. The quantitative estimate of drug-likeness (QED) is 0.661. The molecule has 3 fully saturated rings. The van der Waals surface area contributed by atoms with Gasteiger partial charge in [-0.15, -0.1) is 0 Å². The number of likely N-dealkylation sites (N-methyl/N-ethyl adjacent to an activating group) is 1. The molecule has 0 unspecified atom stereocenters. The number of benzene rings is 1. The van der Waals surface area contributed by atoms with E-state index in [0.29, 0.717) is 38.9 Å². The van der Waals surface area contributed by atoms with E-state index in [1.165, 1.54) is 11.3 Å². The maximum absolute atomic E-state index is 13.1. The van der Waals surface area contributed by atoms with Crippen molar-refractivity contribution in [2.45, 2.75) is 62.9 Å². The fraction of sp³-hybridized carbons (Fsp3) is 0.680. The Kier molecular flexibility index (Phi) is 7.56. The topological polar surface area (TPSA) is 79.4 Å². The summed E-state index contributed by atoms with van der Waals surface area (Å²) in [4.78, 5) is 34.3. The molecule has 2 N–H and O–H groups in total. The SMILES string of the molecule is CN(C)c1ccc(CN2CC[C@@H]3[C@H]2C(=O)NC[C@H](CCC(=O)N2CCC(O)CC2)N3C)cc1. The molecule has 3 heterocycles. The molecule has 0 saturated carbocycles. The van der Waals surface area contributed by atoms with Gasteiger partial charge in [-0.3, -0.25) is 19.4 Å². The standard InChI is InChI=1S/C25H39N5O3/c1-27(2)19-6-4-18(5-7-19)17-30-15-12-22-24(30)25(33)26-16-20(28(22)3)8-9-23(32)29-13-10-21(31)11-14-29/h4-7,20-22,24,31H,8-17H2,1-3H3,(H,26,33)/t20-,22+,24-/m0/s1. The molecule has 2 amide bonds. The van der Waals surface area contributed by atoms with Crippen LogP contribution in [0.2, 0.25) is 0 Å². The lowest BCUT2D eigenvalue weighted by molar-refractivity contribution is -0.133. The summed E-state index contributed by atoms with van der Waals surface area (Å²) in [5, 5.41) is 12.8. The summed E-state index contributed by atoms with van der Waals surface area (Å²) < 4.78 is 0. The van der Waals surface area contributed by atoms with Gasteiger partial charge in [-0.2, -0.15) is 0 Å². The third-order valence-electron chi connectivity index (χ3n) is 7.70. The van der Waals surface area contributed by atoms with Crippen LogP contribution in [-0.4, -0.2) is 103 Å². The van der Waals surface area contributed by atoms with Gasteiger partial charge in [-0.25, -0.2) is 0 Å². The molecule has 1 aromatic carbocycles. The van der Waals surface area contributed by atoms with E-state index in [2.05, 4.69) is 51.3 Å². The molecular weight excluding hydrogens is 418 g/mol. The molecule has 8 nitrogen and oxygen atoms in total. The van der Waals surface area contributed by atoms with E-state index in [0.717, 1.165) is 25.9 Å². The Balaban J connectivity index is 1.35. The molecule has 0 aromatic heterocycles. The summed E-state index contributed by atoms with van der Waals surface area (Å²) in [6.07, 6.45) is 3.25. The molecule has 33 heavy (non-hydrogen) atoms. The van der Waals surface area contributed by atoms with Crippen molar-refractivity contribution in [3.8, 4) is 0 Å². The lowest BCUT2D eigenvalue weighted by Gasteiger charge is -2.34. The average molecular weight is 458 g/mol. The monoisotopic (exact) mass is 457 g/mol. The smallest absolute Gasteiger partial charge is 0.239 e. The van der Waals surface area contributed by atoms with E-state index >= 15 is 0 Å². The fourth-order valence-electron chi connectivity index (χ4n) is 5.52. The van der Waals surface area contributed by atoms with Gasteiger partial charge in [0.25, 0.3) is 0 Å². The summed E-state index contributed by atoms with van der Waals surface area (Å²) in [7, 11) is 6.18. The Morgan fingerprint density at radius 2 is 1.82 bits per heavy atom. The molecular formula is C25H39N5O3. The molecule has 0 spiro atoms. The minimum absolute atomic E-state index is 0.105. The Morgan fingerprint density at radius 1 is 1.12 bits per heavy atom. The van der Waals surface area contributed by atoms with Gasteiger partial charge in [0.2, 0.25) is 11.8 Å². The number of carbonyl (C=O) groups excluding carboxylic acids is 2. The van der Waals surface area contributed by atoms with Gasteiger partial charge in [-0.05, 0) is 50.4 Å². The van der Waals surface area contributed by atoms with Gasteiger partial charge >= 0.3 is 0 Å². The van der Waals surface area contributed by atoms with E-state index in [1.807, 2.05) is 19.0 Å². The summed E-state index contributed by atoms with van der Waals surface area (Å²) in [5.41, 5.74) is 2.39. The van der Waals surface area contributed by atoms with Crippen LogP contribution < -0.4 is 10.2 Å². The first-order chi connectivity index (χ1) is 15.8. The highest BCUT2D eigenvalue weighted by Crippen LogP contribution is 2.29. The highest BCUT2D eigenvalue weighted by Gasteiger charge is 2.45. The van der Waals surface area contributed by atoms with Crippen LogP contribution in [0.15, 0.2) is 24.3 Å². The number of carbonyl (C=O) groups is 2. The zero-order valence-corrected chi connectivity index (χ0v) is 20.2. The van der Waals surface area contributed by atoms with Crippen molar-refractivity contribution < 1.29 is 14.7 Å². The lowest BCUT2D eigenvalue weighted by atomic mass is 10.0. The van der Waals surface area contributed by atoms with Crippen molar-refractivity contribution in [1.82, 2.24) is 20.0 Å². The van der Waals surface area contributed by atoms with Crippen LogP contribution in [-0.2, 0) is 16.1 Å². The van der Waals surface area contributed by atoms with Crippen LogP contribution in [0.4, 0.5) is 5.69 Å². The van der Waals surface area contributed by atoms with Gasteiger partial charge in [0.1, 0.15) is 6.04 Å². The van der Waals surface area contributed by atoms with E-state index in [-0.39, 0.29) is 36.0 Å².